The largest absolute Gasteiger partial charge is 0.508 e. The maximum absolute atomic E-state index is 13.8. The van der Waals surface area contributed by atoms with Crippen LogP contribution in [0.1, 0.15) is 24.5 Å². The molecule has 8 heteroatoms. The highest BCUT2D eigenvalue weighted by Crippen LogP contribution is 2.52. The summed E-state index contributed by atoms with van der Waals surface area (Å²) in [4.78, 5) is 28.7. The third-order valence-corrected chi connectivity index (χ3v) is 7.67. The van der Waals surface area contributed by atoms with E-state index in [0.717, 1.165) is 5.57 Å². The first-order chi connectivity index (χ1) is 18.0. The average molecular weight is 495 g/mol. The van der Waals surface area contributed by atoms with Gasteiger partial charge in [0, 0.05) is 5.56 Å². The minimum absolute atomic E-state index is 0.0619. The van der Waals surface area contributed by atoms with Crippen LogP contribution in [-0.2, 0) is 14.2 Å². The van der Waals surface area contributed by atoms with Crippen LogP contribution in [0.25, 0.3) is 0 Å². The minimum Gasteiger partial charge on any atom is -0.508 e. The van der Waals surface area contributed by atoms with Crippen molar-refractivity contribution in [3.8, 4) is 11.5 Å². The summed E-state index contributed by atoms with van der Waals surface area (Å²) in [7, 11) is -1.28. The topological polar surface area (TPSA) is 96.3 Å². The van der Waals surface area contributed by atoms with Gasteiger partial charge >= 0.3 is 7.12 Å². The van der Waals surface area contributed by atoms with Crippen molar-refractivity contribution in [2.75, 3.05) is 11.5 Å². The van der Waals surface area contributed by atoms with Crippen molar-refractivity contribution in [2.45, 2.75) is 18.9 Å². The number of carbonyl (C=O) groups is 2. The lowest BCUT2D eigenvalue weighted by molar-refractivity contribution is -0.123. The molecule has 0 unspecified atom stereocenters. The first kappa shape index (κ1) is 23.5. The van der Waals surface area contributed by atoms with Crippen LogP contribution >= 0.6 is 0 Å². The summed E-state index contributed by atoms with van der Waals surface area (Å²) in [5, 5.41) is 21.7. The Hall–Kier alpha value is -3.88. The minimum atomic E-state index is -1.28. The van der Waals surface area contributed by atoms with E-state index in [0.29, 0.717) is 35.3 Å². The predicted octanol–water partition coefficient (Wildman–Crippen LogP) is 4.07. The quantitative estimate of drug-likeness (QED) is 0.409. The number of nitrogens with zero attached hydrogens (tertiary/aromatic N) is 1. The van der Waals surface area contributed by atoms with E-state index in [1.807, 2.05) is 36.4 Å². The molecule has 37 heavy (non-hydrogen) atoms. The number of amides is 2. The summed E-state index contributed by atoms with van der Waals surface area (Å²) in [6.45, 7) is 0.174. The summed E-state index contributed by atoms with van der Waals surface area (Å²) in [5.41, 5.74) is 2.47. The van der Waals surface area contributed by atoms with E-state index in [4.69, 9.17) is 9.39 Å². The molecule has 0 radical (unpaired) electrons. The number of benzene rings is 3. The zero-order valence-corrected chi connectivity index (χ0v) is 20.1. The summed E-state index contributed by atoms with van der Waals surface area (Å²) in [6, 6.07) is 25.1. The Morgan fingerprint density at radius 1 is 0.892 bits per heavy atom. The number of rotatable bonds is 5. The lowest BCUT2D eigenvalue weighted by Gasteiger charge is -2.42. The van der Waals surface area contributed by atoms with Gasteiger partial charge in [0.05, 0.1) is 23.6 Å². The number of hydrogen-bond donors (Lipinski definition) is 2. The van der Waals surface area contributed by atoms with Gasteiger partial charge in [-0.2, -0.15) is 0 Å². The number of aromatic hydroxyl groups is 1. The maximum Gasteiger partial charge on any atom is 0.487 e. The predicted molar refractivity (Wildman–Crippen MR) is 138 cm³/mol. The van der Waals surface area contributed by atoms with E-state index < -0.39 is 31.0 Å². The number of imide groups is 1. The molecule has 0 spiro atoms. The fourth-order valence-corrected chi connectivity index (χ4v) is 6.02. The Kier molecular flexibility index (Phi) is 6.06. The number of allylic oxidation sites excluding steroid dienone is 1. The Labute approximate surface area is 215 Å². The van der Waals surface area contributed by atoms with E-state index in [1.165, 1.54) is 4.90 Å². The van der Waals surface area contributed by atoms with Crippen LogP contribution in [0, 0.1) is 17.8 Å². The van der Waals surface area contributed by atoms with Crippen molar-refractivity contribution < 1.29 is 29.1 Å². The van der Waals surface area contributed by atoms with E-state index in [2.05, 4.69) is 0 Å². The van der Waals surface area contributed by atoms with Gasteiger partial charge in [0.25, 0.3) is 0 Å². The van der Waals surface area contributed by atoms with Gasteiger partial charge in [-0.1, -0.05) is 54.6 Å². The maximum atomic E-state index is 13.8. The van der Waals surface area contributed by atoms with Gasteiger partial charge < -0.3 is 19.5 Å². The second-order valence-electron chi connectivity index (χ2n) is 9.72. The first-order valence-electron chi connectivity index (χ1n) is 12.5. The molecule has 2 fully saturated rings. The van der Waals surface area contributed by atoms with Crippen molar-refractivity contribution >= 4 is 24.6 Å². The lowest BCUT2D eigenvalue weighted by Crippen LogP contribution is -2.45. The number of hydrogen-bond acceptors (Lipinski definition) is 6. The molecule has 186 valence electrons. The second kappa shape index (κ2) is 9.54. The number of phenols is 1. The Morgan fingerprint density at radius 3 is 2.30 bits per heavy atom. The fraction of sp³-hybridized carbons (Fsp3) is 0.241. The summed E-state index contributed by atoms with van der Waals surface area (Å²) in [6.07, 6.45) is 0.0224. The molecule has 2 heterocycles. The summed E-state index contributed by atoms with van der Waals surface area (Å²) in [5.74, 6) is -1.40. The van der Waals surface area contributed by atoms with Gasteiger partial charge in [0.15, 0.2) is 0 Å². The van der Waals surface area contributed by atoms with E-state index in [-0.39, 0.29) is 24.2 Å². The van der Waals surface area contributed by atoms with Crippen LogP contribution in [0.5, 0.6) is 11.5 Å². The average Bonchev–Trinajstić information content (AvgIpc) is 3.17. The van der Waals surface area contributed by atoms with Crippen LogP contribution in [0.15, 0.2) is 96.0 Å². The lowest BCUT2D eigenvalue weighted by atomic mass is 9.55. The van der Waals surface area contributed by atoms with Crippen LogP contribution in [0.4, 0.5) is 5.69 Å². The van der Waals surface area contributed by atoms with Gasteiger partial charge in [-0.15, -0.1) is 0 Å². The van der Waals surface area contributed by atoms with Gasteiger partial charge in [0.1, 0.15) is 18.1 Å². The zero-order chi connectivity index (χ0) is 25.5. The molecule has 0 aromatic heterocycles. The Balaban J connectivity index is 1.39. The molecule has 2 aliphatic heterocycles. The third-order valence-electron chi connectivity index (χ3n) is 7.67. The number of ether oxygens (including phenoxy) is 1. The highest BCUT2D eigenvalue weighted by Gasteiger charge is 2.58. The molecule has 1 aliphatic carbocycles. The monoisotopic (exact) mass is 495 g/mol. The van der Waals surface area contributed by atoms with Gasteiger partial charge in [-0.05, 0) is 60.1 Å². The van der Waals surface area contributed by atoms with Crippen LogP contribution in [-0.4, -0.2) is 35.7 Å². The molecule has 3 aromatic rings. The third kappa shape index (κ3) is 4.12. The van der Waals surface area contributed by atoms with Gasteiger partial charge in [-0.3, -0.25) is 14.5 Å². The van der Waals surface area contributed by atoms with Crippen LogP contribution in [0.3, 0.4) is 0 Å². The van der Waals surface area contributed by atoms with Crippen molar-refractivity contribution in [2.24, 2.45) is 17.8 Å². The molecule has 3 aliphatic rings. The van der Waals surface area contributed by atoms with Crippen LogP contribution < -0.4 is 9.64 Å². The SMILES string of the molecule is O=C1[C@H]2[C@H](CC(COc3ccccc3)=C3B(O)O[C@H](c4ccccc4O)C[C@H]32)C(=O)N1c1ccccc1. The van der Waals surface area contributed by atoms with E-state index >= 15 is 0 Å². The molecule has 4 atom stereocenters. The van der Waals surface area contributed by atoms with Crippen molar-refractivity contribution in [1.29, 1.82) is 0 Å². The molecule has 2 N–H and O–H groups in total. The normalized spacial score (nSPS) is 25.2. The standard InChI is InChI=1S/C29H26BNO6/c32-24-14-8-7-13-21(24)25-16-22-26-23(28(33)31(29(26)34)19-9-3-1-4-10-19)15-18(27(22)30(35)37-25)17-36-20-11-5-2-6-12-20/h1-14,22-23,25-26,32,35H,15-17H2/t22-,23-,25-,26+/m0/s1. The fourth-order valence-electron chi connectivity index (χ4n) is 6.02. The van der Waals surface area contributed by atoms with Crippen molar-refractivity contribution in [3.63, 3.8) is 0 Å². The number of anilines is 1. The first-order valence-corrected chi connectivity index (χ1v) is 12.5. The van der Waals surface area contributed by atoms with Crippen LogP contribution in [0.2, 0.25) is 0 Å². The molecule has 0 bridgehead atoms. The number of fused-ring (bicyclic) bond motifs is 3. The molecule has 3 aromatic carbocycles. The van der Waals surface area contributed by atoms with Gasteiger partial charge in [0.2, 0.25) is 11.8 Å². The van der Waals surface area contributed by atoms with Crippen molar-refractivity contribution in [1.82, 2.24) is 0 Å². The zero-order valence-electron chi connectivity index (χ0n) is 20.1. The molecular formula is C29H26BNO6. The number of phenolic OH excluding ortho intramolecular Hbond substituents is 1. The molecule has 6 rings (SSSR count). The van der Waals surface area contributed by atoms with E-state index in [1.54, 1.807) is 48.5 Å². The molecule has 7 nitrogen and oxygen atoms in total. The number of para-hydroxylation sites is 3. The summed E-state index contributed by atoms with van der Waals surface area (Å²) >= 11 is 0. The molecule has 2 saturated heterocycles. The Bertz CT molecular complexity index is 1360. The molecule has 2 amide bonds. The van der Waals surface area contributed by atoms with Crippen molar-refractivity contribution in [3.05, 3.63) is 102 Å². The number of carbonyl (C=O) groups excluding carboxylic acids is 2. The molecular weight excluding hydrogens is 469 g/mol. The Morgan fingerprint density at radius 2 is 1.57 bits per heavy atom. The van der Waals surface area contributed by atoms with Gasteiger partial charge in [-0.25, -0.2) is 0 Å². The molecule has 0 saturated carbocycles. The summed E-state index contributed by atoms with van der Waals surface area (Å²) < 4.78 is 12.0. The second-order valence-corrected chi connectivity index (χ2v) is 9.72. The smallest absolute Gasteiger partial charge is 0.487 e. The highest BCUT2D eigenvalue weighted by molar-refractivity contribution is 6.53. The highest BCUT2D eigenvalue weighted by atomic mass is 16.5. The van der Waals surface area contributed by atoms with E-state index in [9.17, 15) is 19.7 Å².